The number of rotatable bonds is 3. The van der Waals surface area contributed by atoms with Gasteiger partial charge in [-0.15, -0.1) is 0 Å². The smallest absolute Gasteiger partial charge is 0.0458 e. The van der Waals surface area contributed by atoms with Crippen LogP contribution in [0.2, 0.25) is 10.0 Å². The Hall–Kier alpha value is -0.200. The number of halogens is 2. The SMILES string of the molecule is CCCc1cc(Cl)c(C(C)C)c(Cl)c1. The first-order chi connectivity index (χ1) is 6.56. The van der Waals surface area contributed by atoms with E-state index in [0.29, 0.717) is 5.92 Å². The number of hydrogen-bond acceptors (Lipinski definition) is 0. The molecule has 78 valence electrons. The molecular weight excluding hydrogens is 215 g/mol. The Morgan fingerprint density at radius 1 is 1.14 bits per heavy atom. The Balaban J connectivity index is 3.11. The van der Waals surface area contributed by atoms with Gasteiger partial charge in [0.05, 0.1) is 0 Å². The highest BCUT2D eigenvalue weighted by Crippen LogP contribution is 2.32. The van der Waals surface area contributed by atoms with Gasteiger partial charge in [-0.3, -0.25) is 0 Å². The van der Waals surface area contributed by atoms with Crippen molar-refractivity contribution >= 4 is 23.2 Å². The van der Waals surface area contributed by atoms with Gasteiger partial charge in [0.15, 0.2) is 0 Å². The summed E-state index contributed by atoms with van der Waals surface area (Å²) in [6.07, 6.45) is 2.16. The van der Waals surface area contributed by atoms with Crippen molar-refractivity contribution < 1.29 is 0 Å². The van der Waals surface area contributed by atoms with Crippen LogP contribution in [0, 0.1) is 0 Å². The molecule has 0 N–H and O–H groups in total. The Morgan fingerprint density at radius 2 is 1.64 bits per heavy atom. The topological polar surface area (TPSA) is 0 Å². The van der Waals surface area contributed by atoms with Gasteiger partial charge in [0.2, 0.25) is 0 Å². The Bertz CT molecular complexity index is 293. The fraction of sp³-hybridized carbons (Fsp3) is 0.500. The fourth-order valence-electron chi connectivity index (χ4n) is 1.62. The van der Waals surface area contributed by atoms with E-state index in [9.17, 15) is 0 Å². The third kappa shape index (κ3) is 2.65. The summed E-state index contributed by atoms with van der Waals surface area (Å²) in [5.41, 5.74) is 2.29. The van der Waals surface area contributed by atoms with E-state index in [0.717, 1.165) is 28.5 Å². The summed E-state index contributed by atoms with van der Waals surface area (Å²) in [7, 11) is 0. The van der Waals surface area contributed by atoms with Crippen LogP contribution in [0.4, 0.5) is 0 Å². The second-order valence-electron chi connectivity index (χ2n) is 3.88. The van der Waals surface area contributed by atoms with Crippen molar-refractivity contribution in [3.05, 3.63) is 33.3 Å². The van der Waals surface area contributed by atoms with Crippen molar-refractivity contribution in [2.45, 2.75) is 39.5 Å². The van der Waals surface area contributed by atoms with Gasteiger partial charge in [0.1, 0.15) is 0 Å². The maximum Gasteiger partial charge on any atom is 0.0458 e. The fourth-order valence-corrected chi connectivity index (χ4v) is 2.59. The number of aryl methyl sites for hydroxylation is 1. The summed E-state index contributed by atoms with van der Waals surface area (Å²) in [4.78, 5) is 0. The van der Waals surface area contributed by atoms with Crippen LogP contribution in [0.1, 0.15) is 44.2 Å². The zero-order valence-corrected chi connectivity index (χ0v) is 10.4. The molecule has 0 aromatic heterocycles. The lowest BCUT2D eigenvalue weighted by Crippen LogP contribution is -1.93. The minimum Gasteiger partial charge on any atom is -0.0840 e. The summed E-state index contributed by atoms with van der Waals surface area (Å²) in [5.74, 6) is 0.380. The molecule has 1 aromatic carbocycles. The highest BCUT2D eigenvalue weighted by molar-refractivity contribution is 6.36. The number of benzene rings is 1. The minimum atomic E-state index is 0.380. The van der Waals surface area contributed by atoms with Gasteiger partial charge < -0.3 is 0 Å². The molecule has 14 heavy (non-hydrogen) atoms. The van der Waals surface area contributed by atoms with E-state index < -0.39 is 0 Å². The summed E-state index contributed by atoms with van der Waals surface area (Å²) >= 11 is 12.4. The van der Waals surface area contributed by atoms with Crippen molar-refractivity contribution in [1.29, 1.82) is 0 Å². The molecule has 0 atom stereocenters. The second-order valence-corrected chi connectivity index (χ2v) is 4.69. The molecule has 0 aliphatic carbocycles. The zero-order valence-electron chi connectivity index (χ0n) is 8.90. The highest BCUT2D eigenvalue weighted by atomic mass is 35.5. The van der Waals surface area contributed by atoms with Crippen LogP contribution >= 0.6 is 23.2 Å². The Morgan fingerprint density at radius 3 is 2.00 bits per heavy atom. The van der Waals surface area contributed by atoms with E-state index in [1.165, 1.54) is 5.56 Å². The van der Waals surface area contributed by atoms with Gasteiger partial charge >= 0.3 is 0 Å². The lowest BCUT2D eigenvalue weighted by Gasteiger charge is -2.12. The lowest BCUT2D eigenvalue weighted by atomic mass is 10.00. The minimum absolute atomic E-state index is 0.380. The molecule has 0 saturated carbocycles. The van der Waals surface area contributed by atoms with E-state index in [4.69, 9.17) is 23.2 Å². The largest absolute Gasteiger partial charge is 0.0840 e. The van der Waals surface area contributed by atoms with Crippen molar-refractivity contribution in [2.75, 3.05) is 0 Å². The van der Waals surface area contributed by atoms with Gasteiger partial charge in [-0.25, -0.2) is 0 Å². The van der Waals surface area contributed by atoms with Crippen molar-refractivity contribution in [1.82, 2.24) is 0 Å². The average Bonchev–Trinajstić information content (AvgIpc) is 2.01. The van der Waals surface area contributed by atoms with Crippen LogP contribution < -0.4 is 0 Å². The summed E-state index contributed by atoms with van der Waals surface area (Å²) in [6.45, 7) is 6.36. The molecule has 0 heterocycles. The van der Waals surface area contributed by atoms with Crippen molar-refractivity contribution in [3.8, 4) is 0 Å². The van der Waals surface area contributed by atoms with Crippen LogP contribution in [0.5, 0.6) is 0 Å². The second kappa shape index (κ2) is 5.04. The zero-order chi connectivity index (χ0) is 10.7. The first-order valence-corrected chi connectivity index (χ1v) is 5.79. The Labute approximate surface area is 96.2 Å². The van der Waals surface area contributed by atoms with E-state index in [1.807, 2.05) is 12.1 Å². The van der Waals surface area contributed by atoms with Crippen LogP contribution in [0.15, 0.2) is 12.1 Å². The molecule has 0 nitrogen and oxygen atoms in total. The van der Waals surface area contributed by atoms with E-state index >= 15 is 0 Å². The maximum atomic E-state index is 6.18. The van der Waals surface area contributed by atoms with E-state index in [2.05, 4.69) is 20.8 Å². The van der Waals surface area contributed by atoms with Crippen LogP contribution in [0.25, 0.3) is 0 Å². The monoisotopic (exact) mass is 230 g/mol. The third-order valence-electron chi connectivity index (χ3n) is 2.25. The van der Waals surface area contributed by atoms with Crippen molar-refractivity contribution in [2.24, 2.45) is 0 Å². The lowest BCUT2D eigenvalue weighted by molar-refractivity contribution is 0.861. The molecule has 0 saturated heterocycles. The van der Waals surface area contributed by atoms with E-state index in [-0.39, 0.29) is 0 Å². The molecule has 1 rings (SSSR count). The predicted molar refractivity (Wildman–Crippen MR) is 64.5 cm³/mol. The molecule has 0 radical (unpaired) electrons. The molecule has 0 aliphatic heterocycles. The summed E-state index contributed by atoms with van der Waals surface area (Å²) in [6, 6.07) is 4.07. The molecule has 2 heteroatoms. The molecule has 0 amide bonds. The van der Waals surface area contributed by atoms with Crippen LogP contribution in [0.3, 0.4) is 0 Å². The molecular formula is C12H16Cl2. The van der Waals surface area contributed by atoms with Gasteiger partial charge in [-0.05, 0) is 35.6 Å². The molecule has 0 aliphatic rings. The molecule has 0 unspecified atom stereocenters. The molecule has 1 aromatic rings. The van der Waals surface area contributed by atoms with Crippen molar-refractivity contribution in [3.63, 3.8) is 0 Å². The first-order valence-electron chi connectivity index (χ1n) is 5.04. The summed E-state index contributed by atoms with van der Waals surface area (Å²) < 4.78 is 0. The molecule has 0 fully saturated rings. The Kier molecular flexibility index (Phi) is 4.28. The molecule has 0 bridgehead atoms. The standard InChI is InChI=1S/C12H16Cl2/c1-4-5-9-6-10(13)12(8(2)3)11(14)7-9/h6-8H,4-5H2,1-3H3. The van der Waals surface area contributed by atoms with Gasteiger partial charge in [0.25, 0.3) is 0 Å². The van der Waals surface area contributed by atoms with Gasteiger partial charge in [-0.2, -0.15) is 0 Å². The summed E-state index contributed by atoms with van der Waals surface area (Å²) in [5, 5.41) is 1.60. The first kappa shape index (κ1) is 11.9. The maximum absolute atomic E-state index is 6.18. The normalized spacial score (nSPS) is 11.0. The van der Waals surface area contributed by atoms with Crippen LogP contribution in [-0.4, -0.2) is 0 Å². The highest BCUT2D eigenvalue weighted by Gasteiger charge is 2.10. The quantitative estimate of drug-likeness (QED) is 0.681. The average molecular weight is 231 g/mol. The van der Waals surface area contributed by atoms with E-state index in [1.54, 1.807) is 0 Å². The third-order valence-corrected chi connectivity index (χ3v) is 2.88. The molecule has 0 spiro atoms. The predicted octanol–water partition coefficient (Wildman–Crippen LogP) is 5.07. The van der Waals surface area contributed by atoms with Crippen LogP contribution in [-0.2, 0) is 6.42 Å². The van der Waals surface area contributed by atoms with Gasteiger partial charge in [0, 0.05) is 10.0 Å². The van der Waals surface area contributed by atoms with Gasteiger partial charge in [-0.1, -0.05) is 50.4 Å². The number of hydrogen-bond donors (Lipinski definition) is 0.